The summed E-state index contributed by atoms with van der Waals surface area (Å²) < 4.78 is 9.95. The lowest BCUT2D eigenvalue weighted by Crippen LogP contribution is -2.38. The van der Waals surface area contributed by atoms with Gasteiger partial charge in [0.25, 0.3) is 0 Å². The van der Waals surface area contributed by atoms with Gasteiger partial charge in [-0.2, -0.15) is 0 Å². The minimum absolute atomic E-state index is 0.159. The number of rotatable bonds is 3. The van der Waals surface area contributed by atoms with E-state index in [9.17, 15) is 9.59 Å². The van der Waals surface area contributed by atoms with E-state index < -0.39 is 12.2 Å². The quantitative estimate of drug-likeness (QED) is 0.865. The number of amides is 2. The molecule has 0 aliphatic carbocycles. The van der Waals surface area contributed by atoms with E-state index in [0.29, 0.717) is 13.0 Å². The summed E-state index contributed by atoms with van der Waals surface area (Å²) in [5, 5.41) is 5.22. The average molecular weight is 264 g/mol. The Labute approximate surface area is 111 Å². The number of carbonyl (C=O) groups is 2. The summed E-state index contributed by atoms with van der Waals surface area (Å²) in [5.74, 6) is 0. The van der Waals surface area contributed by atoms with Crippen molar-refractivity contribution < 1.29 is 19.1 Å². The molecule has 1 aliphatic heterocycles. The maximum Gasteiger partial charge on any atom is 0.407 e. The van der Waals surface area contributed by atoms with E-state index >= 15 is 0 Å². The smallest absolute Gasteiger partial charge is 0.407 e. The van der Waals surface area contributed by atoms with Crippen LogP contribution in [0.2, 0.25) is 0 Å². The van der Waals surface area contributed by atoms with Crippen molar-refractivity contribution in [2.24, 2.45) is 0 Å². The fourth-order valence-corrected chi connectivity index (χ4v) is 1.70. The zero-order chi connectivity index (χ0) is 13.5. The van der Waals surface area contributed by atoms with Crippen LogP contribution in [0, 0.1) is 0 Å². The van der Waals surface area contributed by atoms with E-state index in [4.69, 9.17) is 9.47 Å². The van der Waals surface area contributed by atoms with Gasteiger partial charge in [-0.15, -0.1) is 0 Å². The SMILES string of the molecule is O=C1NCCC(NC(=O)OCc2ccccc2)CO1. The first-order valence-electron chi connectivity index (χ1n) is 6.12. The van der Waals surface area contributed by atoms with Crippen molar-refractivity contribution in [1.82, 2.24) is 10.6 Å². The first kappa shape index (κ1) is 13.2. The second-order valence-electron chi connectivity index (χ2n) is 4.22. The summed E-state index contributed by atoms with van der Waals surface area (Å²) in [6.07, 6.45) is -0.347. The van der Waals surface area contributed by atoms with Gasteiger partial charge in [-0.3, -0.25) is 0 Å². The van der Waals surface area contributed by atoms with Crippen LogP contribution in [-0.2, 0) is 16.1 Å². The van der Waals surface area contributed by atoms with Gasteiger partial charge < -0.3 is 20.1 Å². The highest BCUT2D eigenvalue weighted by Gasteiger charge is 2.19. The van der Waals surface area contributed by atoms with Gasteiger partial charge in [0.1, 0.15) is 13.2 Å². The van der Waals surface area contributed by atoms with Crippen LogP contribution in [0.1, 0.15) is 12.0 Å². The molecule has 2 N–H and O–H groups in total. The maximum atomic E-state index is 11.6. The van der Waals surface area contributed by atoms with Gasteiger partial charge >= 0.3 is 12.2 Å². The molecule has 19 heavy (non-hydrogen) atoms. The number of benzene rings is 1. The van der Waals surface area contributed by atoms with Crippen molar-refractivity contribution in [3.8, 4) is 0 Å². The molecule has 0 saturated carbocycles. The highest BCUT2D eigenvalue weighted by atomic mass is 16.6. The van der Waals surface area contributed by atoms with Crippen LogP contribution in [0.5, 0.6) is 0 Å². The third-order valence-corrected chi connectivity index (χ3v) is 2.71. The minimum atomic E-state index is -0.508. The molecule has 0 radical (unpaired) electrons. The van der Waals surface area contributed by atoms with Crippen molar-refractivity contribution in [1.29, 1.82) is 0 Å². The van der Waals surface area contributed by atoms with Crippen LogP contribution in [0.4, 0.5) is 9.59 Å². The van der Waals surface area contributed by atoms with Crippen LogP contribution in [-0.4, -0.2) is 31.4 Å². The molecule has 102 valence electrons. The summed E-state index contributed by atoms with van der Waals surface area (Å²) in [5.41, 5.74) is 0.923. The zero-order valence-electron chi connectivity index (χ0n) is 10.4. The fraction of sp³-hybridized carbons (Fsp3) is 0.385. The fourth-order valence-electron chi connectivity index (χ4n) is 1.70. The van der Waals surface area contributed by atoms with Gasteiger partial charge in [0.15, 0.2) is 0 Å². The van der Waals surface area contributed by atoms with Gasteiger partial charge in [0.05, 0.1) is 6.04 Å². The highest BCUT2D eigenvalue weighted by Crippen LogP contribution is 2.02. The molecule has 1 atom stereocenters. The van der Waals surface area contributed by atoms with Crippen molar-refractivity contribution in [3.63, 3.8) is 0 Å². The normalized spacial score (nSPS) is 18.7. The molecule has 1 aromatic carbocycles. The molecule has 6 heteroatoms. The monoisotopic (exact) mass is 264 g/mol. The van der Waals surface area contributed by atoms with E-state index in [2.05, 4.69) is 10.6 Å². The van der Waals surface area contributed by atoms with Crippen LogP contribution in [0.3, 0.4) is 0 Å². The molecule has 6 nitrogen and oxygen atoms in total. The zero-order valence-corrected chi connectivity index (χ0v) is 10.4. The lowest BCUT2D eigenvalue weighted by molar-refractivity contribution is 0.121. The summed E-state index contributed by atoms with van der Waals surface area (Å²) in [4.78, 5) is 22.5. The topological polar surface area (TPSA) is 76.7 Å². The molecule has 2 rings (SSSR count). The molecule has 0 bridgehead atoms. The number of nitrogens with one attached hydrogen (secondary N) is 2. The van der Waals surface area contributed by atoms with Crippen molar-refractivity contribution in [3.05, 3.63) is 35.9 Å². The molecule has 1 unspecified atom stereocenters. The Kier molecular flexibility index (Phi) is 4.60. The van der Waals surface area contributed by atoms with E-state index in [1.165, 1.54) is 0 Å². The van der Waals surface area contributed by atoms with Crippen LogP contribution in [0.25, 0.3) is 0 Å². The molecular weight excluding hydrogens is 248 g/mol. The first-order valence-corrected chi connectivity index (χ1v) is 6.12. The van der Waals surface area contributed by atoms with E-state index in [-0.39, 0.29) is 19.3 Å². The average Bonchev–Trinajstić information content (AvgIpc) is 2.63. The summed E-state index contributed by atoms with van der Waals surface area (Å²) in [7, 11) is 0. The number of cyclic esters (lactones) is 1. The maximum absolute atomic E-state index is 11.6. The number of hydrogen-bond acceptors (Lipinski definition) is 4. The van der Waals surface area contributed by atoms with Crippen molar-refractivity contribution in [2.75, 3.05) is 13.2 Å². The molecule has 2 amide bonds. The molecule has 0 spiro atoms. The Hall–Kier alpha value is -2.24. The predicted molar refractivity (Wildman–Crippen MR) is 67.5 cm³/mol. The van der Waals surface area contributed by atoms with Gasteiger partial charge in [0, 0.05) is 6.54 Å². The largest absolute Gasteiger partial charge is 0.447 e. The van der Waals surface area contributed by atoms with Crippen molar-refractivity contribution in [2.45, 2.75) is 19.1 Å². The second kappa shape index (κ2) is 6.63. The number of ether oxygens (including phenoxy) is 2. The standard InChI is InChI=1S/C13H16N2O4/c16-12-14-7-6-11(9-19-12)15-13(17)18-8-10-4-2-1-3-5-10/h1-5,11H,6-9H2,(H,14,16)(H,15,17). The third-order valence-electron chi connectivity index (χ3n) is 2.71. The number of hydrogen-bond donors (Lipinski definition) is 2. The van der Waals surface area contributed by atoms with Crippen LogP contribution in [0.15, 0.2) is 30.3 Å². The Balaban J connectivity index is 1.73. The second-order valence-corrected chi connectivity index (χ2v) is 4.22. The minimum Gasteiger partial charge on any atom is -0.447 e. The molecule has 1 aliphatic rings. The van der Waals surface area contributed by atoms with Gasteiger partial charge in [-0.25, -0.2) is 9.59 Å². The molecule has 1 saturated heterocycles. The Morgan fingerprint density at radius 3 is 3.00 bits per heavy atom. The summed E-state index contributed by atoms with van der Waals surface area (Å²) in [6, 6.07) is 9.20. The highest BCUT2D eigenvalue weighted by molar-refractivity contribution is 5.69. The summed E-state index contributed by atoms with van der Waals surface area (Å²) >= 11 is 0. The molecule has 1 aromatic rings. The van der Waals surface area contributed by atoms with Gasteiger partial charge in [-0.05, 0) is 12.0 Å². The Morgan fingerprint density at radius 1 is 1.42 bits per heavy atom. The Bertz CT molecular complexity index is 436. The van der Waals surface area contributed by atoms with Gasteiger partial charge in [0.2, 0.25) is 0 Å². The predicted octanol–water partition coefficient (Wildman–Crippen LogP) is 1.41. The summed E-state index contributed by atoms with van der Waals surface area (Å²) in [6.45, 7) is 0.853. The van der Waals surface area contributed by atoms with Crippen LogP contribution < -0.4 is 10.6 Å². The van der Waals surface area contributed by atoms with Gasteiger partial charge in [-0.1, -0.05) is 30.3 Å². The lowest BCUT2D eigenvalue weighted by atomic mass is 10.2. The number of alkyl carbamates (subject to hydrolysis) is 2. The van der Waals surface area contributed by atoms with E-state index in [1.54, 1.807) is 0 Å². The number of carbonyl (C=O) groups excluding carboxylic acids is 2. The molecule has 1 fully saturated rings. The Morgan fingerprint density at radius 2 is 2.21 bits per heavy atom. The molecule has 0 aromatic heterocycles. The first-order chi connectivity index (χ1) is 9.24. The van der Waals surface area contributed by atoms with E-state index in [1.807, 2.05) is 30.3 Å². The van der Waals surface area contributed by atoms with Crippen molar-refractivity contribution >= 4 is 12.2 Å². The lowest BCUT2D eigenvalue weighted by Gasteiger charge is -2.14. The van der Waals surface area contributed by atoms with E-state index in [0.717, 1.165) is 5.56 Å². The van der Waals surface area contributed by atoms with Crippen LogP contribution >= 0.6 is 0 Å². The third kappa shape index (κ3) is 4.50. The molecule has 1 heterocycles. The molecular formula is C13H16N2O4.